The Bertz CT molecular complexity index is 1170. The van der Waals surface area contributed by atoms with Gasteiger partial charge in [0.25, 0.3) is 5.56 Å². The molecule has 0 saturated heterocycles. The fourth-order valence-electron chi connectivity index (χ4n) is 3.95. The maximum atomic E-state index is 13.1. The van der Waals surface area contributed by atoms with E-state index in [-0.39, 0.29) is 18.7 Å². The van der Waals surface area contributed by atoms with Gasteiger partial charge in [-0.3, -0.25) is 13.9 Å². The van der Waals surface area contributed by atoms with Gasteiger partial charge in [-0.25, -0.2) is 4.79 Å². The van der Waals surface area contributed by atoms with Crippen LogP contribution in [0, 0.1) is 13.8 Å². The predicted octanol–water partition coefficient (Wildman–Crippen LogP) is 1.44. The maximum absolute atomic E-state index is 13.1. The normalized spacial score (nSPS) is 13.9. The zero-order valence-corrected chi connectivity index (χ0v) is 16.5. The molecule has 28 heavy (non-hydrogen) atoms. The third-order valence-corrected chi connectivity index (χ3v) is 5.62. The molecule has 0 amide bonds. The van der Waals surface area contributed by atoms with Gasteiger partial charge in [0.15, 0.2) is 11.2 Å². The summed E-state index contributed by atoms with van der Waals surface area (Å²) in [5, 5.41) is 9.10. The Kier molecular flexibility index (Phi) is 4.58. The molecule has 0 saturated carbocycles. The molecule has 1 N–H and O–H groups in total. The lowest BCUT2D eigenvalue weighted by atomic mass is 10.1. The molecule has 1 aliphatic heterocycles. The van der Waals surface area contributed by atoms with Crippen molar-refractivity contribution in [1.29, 1.82) is 0 Å². The third kappa shape index (κ3) is 2.67. The summed E-state index contributed by atoms with van der Waals surface area (Å²) in [4.78, 5) is 32.6. The van der Waals surface area contributed by atoms with Crippen molar-refractivity contribution in [1.82, 2.24) is 18.7 Å². The van der Waals surface area contributed by atoms with Gasteiger partial charge >= 0.3 is 5.69 Å². The highest BCUT2D eigenvalue weighted by Crippen LogP contribution is 2.33. The molecule has 1 aliphatic rings. The second-order valence-corrected chi connectivity index (χ2v) is 7.34. The summed E-state index contributed by atoms with van der Waals surface area (Å²) >= 11 is 0. The SMILES string of the molecule is Cc1cccc(N2CCCn3c2nc2c3c(=O)n(CCCO)c(=O)n2C)c1C. The van der Waals surface area contributed by atoms with Crippen LogP contribution < -0.4 is 16.1 Å². The van der Waals surface area contributed by atoms with E-state index in [9.17, 15) is 9.59 Å². The molecule has 0 fully saturated rings. The van der Waals surface area contributed by atoms with Crippen LogP contribution in [0.2, 0.25) is 0 Å². The first kappa shape index (κ1) is 18.5. The topological polar surface area (TPSA) is 85.3 Å². The summed E-state index contributed by atoms with van der Waals surface area (Å²) < 4.78 is 4.56. The molecule has 0 unspecified atom stereocenters. The van der Waals surface area contributed by atoms with Crippen molar-refractivity contribution in [2.45, 2.75) is 39.8 Å². The van der Waals surface area contributed by atoms with E-state index in [1.807, 2.05) is 10.6 Å². The number of aliphatic hydroxyl groups excluding tert-OH is 1. The van der Waals surface area contributed by atoms with E-state index in [0.717, 1.165) is 18.7 Å². The predicted molar refractivity (Wildman–Crippen MR) is 108 cm³/mol. The molecule has 3 aromatic rings. The van der Waals surface area contributed by atoms with Crippen LogP contribution in [0.25, 0.3) is 11.2 Å². The molecule has 0 spiro atoms. The minimum atomic E-state index is -0.403. The molecule has 4 rings (SSSR count). The average molecular weight is 383 g/mol. The van der Waals surface area contributed by atoms with Gasteiger partial charge in [-0.15, -0.1) is 0 Å². The maximum Gasteiger partial charge on any atom is 0.332 e. The molecule has 148 valence electrons. The first-order chi connectivity index (χ1) is 13.5. The number of benzene rings is 1. The zero-order valence-electron chi connectivity index (χ0n) is 16.5. The summed E-state index contributed by atoms with van der Waals surface area (Å²) in [6, 6.07) is 6.17. The molecule has 0 bridgehead atoms. The summed E-state index contributed by atoms with van der Waals surface area (Å²) in [5.74, 6) is 0.696. The van der Waals surface area contributed by atoms with Crippen molar-refractivity contribution >= 4 is 22.8 Å². The van der Waals surface area contributed by atoms with Crippen LogP contribution >= 0.6 is 0 Å². The molecule has 0 atom stereocenters. The van der Waals surface area contributed by atoms with Crippen molar-refractivity contribution < 1.29 is 5.11 Å². The van der Waals surface area contributed by atoms with Crippen molar-refractivity contribution in [2.75, 3.05) is 18.1 Å². The van der Waals surface area contributed by atoms with E-state index >= 15 is 0 Å². The number of hydrogen-bond acceptors (Lipinski definition) is 5. The van der Waals surface area contributed by atoms with E-state index in [4.69, 9.17) is 10.1 Å². The Morgan fingerprint density at radius 3 is 2.71 bits per heavy atom. The number of rotatable bonds is 4. The molecule has 0 radical (unpaired) electrons. The molecule has 3 heterocycles. The highest BCUT2D eigenvalue weighted by Gasteiger charge is 2.27. The number of aliphatic hydroxyl groups is 1. The Labute approximate surface area is 162 Å². The smallest absolute Gasteiger partial charge is 0.332 e. The minimum absolute atomic E-state index is 0.0709. The van der Waals surface area contributed by atoms with E-state index in [0.29, 0.717) is 30.1 Å². The molecule has 2 aromatic heterocycles. The van der Waals surface area contributed by atoms with Crippen LogP contribution in [0.1, 0.15) is 24.0 Å². The van der Waals surface area contributed by atoms with E-state index in [2.05, 4.69) is 30.9 Å². The van der Waals surface area contributed by atoms with Crippen molar-refractivity contribution in [3.05, 3.63) is 50.2 Å². The number of hydrogen-bond donors (Lipinski definition) is 1. The highest BCUT2D eigenvalue weighted by atomic mass is 16.3. The van der Waals surface area contributed by atoms with Crippen molar-refractivity contribution in [3.8, 4) is 0 Å². The lowest BCUT2D eigenvalue weighted by Crippen LogP contribution is -2.40. The van der Waals surface area contributed by atoms with Gasteiger partial charge in [0.1, 0.15) is 0 Å². The number of aryl methyl sites for hydroxylation is 3. The summed E-state index contributed by atoms with van der Waals surface area (Å²) in [6.07, 6.45) is 1.24. The van der Waals surface area contributed by atoms with Crippen LogP contribution in [-0.2, 0) is 20.1 Å². The number of fused-ring (bicyclic) bond motifs is 3. The van der Waals surface area contributed by atoms with Crippen LogP contribution in [0.3, 0.4) is 0 Å². The first-order valence-corrected chi connectivity index (χ1v) is 9.60. The summed E-state index contributed by atoms with van der Waals surface area (Å²) in [7, 11) is 1.64. The standard InChI is InChI=1S/C20H25N5O3/c1-13-7-4-8-15(14(13)2)23-9-5-10-24-16-17(21-19(23)24)22(3)20(28)25(18(16)27)11-6-12-26/h4,7-8,26H,5-6,9-12H2,1-3H3. The molecular formula is C20H25N5O3. The van der Waals surface area contributed by atoms with Crippen LogP contribution in [-0.4, -0.2) is 36.9 Å². The number of anilines is 2. The average Bonchev–Trinajstić information content (AvgIpc) is 3.08. The Morgan fingerprint density at radius 1 is 1.18 bits per heavy atom. The van der Waals surface area contributed by atoms with Crippen molar-refractivity contribution in [2.24, 2.45) is 7.05 Å². The van der Waals surface area contributed by atoms with Gasteiger partial charge in [-0.1, -0.05) is 12.1 Å². The molecule has 8 heteroatoms. The number of imidazole rings is 1. The Balaban J connectivity index is 1.97. The van der Waals surface area contributed by atoms with Crippen molar-refractivity contribution in [3.63, 3.8) is 0 Å². The van der Waals surface area contributed by atoms with Crippen LogP contribution in [0.15, 0.2) is 27.8 Å². The van der Waals surface area contributed by atoms with Gasteiger partial charge in [0, 0.05) is 39.0 Å². The molecular weight excluding hydrogens is 358 g/mol. The third-order valence-electron chi connectivity index (χ3n) is 5.62. The van der Waals surface area contributed by atoms with Crippen LogP contribution in [0.5, 0.6) is 0 Å². The molecule has 0 aliphatic carbocycles. The van der Waals surface area contributed by atoms with E-state index in [1.165, 1.54) is 20.3 Å². The summed E-state index contributed by atoms with van der Waals surface area (Å²) in [5.41, 5.74) is 3.56. The molecule has 8 nitrogen and oxygen atoms in total. The quantitative estimate of drug-likeness (QED) is 0.737. The van der Waals surface area contributed by atoms with Gasteiger partial charge in [-0.2, -0.15) is 4.98 Å². The van der Waals surface area contributed by atoms with Crippen LogP contribution in [0.4, 0.5) is 11.6 Å². The largest absolute Gasteiger partial charge is 0.396 e. The van der Waals surface area contributed by atoms with Gasteiger partial charge in [0.05, 0.1) is 0 Å². The minimum Gasteiger partial charge on any atom is -0.396 e. The zero-order chi connectivity index (χ0) is 20.0. The second-order valence-electron chi connectivity index (χ2n) is 7.34. The first-order valence-electron chi connectivity index (χ1n) is 9.60. The van der Waals surface area contributed by atoms with E-state index < -0.39 is 5.69 Å². The fourth-order valence-corrected chi connectivity index (χ4v) is 3.95. The summed E-state index contributed by atoms with van der Waals surface area (Å²) in [6.45, 7) is 5.78. The number of nitrogens with zero attached hydrogens (tertiary/aromatic N) is 5. The second kappa shape index (κ2) is 6.94. The highest BCUT2D eigenvalue weighted by molar-refractivity contribution is 5.77. The Hall–Kier alpha value is -2.87. The lowest BCUT2D eigenvalue weighted by molar-refractivity contribution is 0.277. The van der Waals surface area contributed by atoms with Gasteiger partial charge < -0.3 is 14.6 Å². The van der Waals surface area contributed by atoms with Gasteiger partial charge in [0.2, 0.25) is 5.95 Å². The monoisotopic (exact) mass is 383 g/mol. The fraction of sp³-hybridized carbons (Fsp3) is 0.450. The Morgan fingerprint density at radius 2 is 1.96 bits per heavy atom. The lowest BCUT2D eigenvalue weighted by Gasteiger charge is -2.30. The van der Waals surface area contributed by atoms with Gasteiger partial charge in [-0.05, 0) is 43.9 Å². The number of aromatic nitrogens is 4. The van der Waals surface area contributed by atoms with E-state index in [1.54, 1.807) is 7.05 Å². The molecule has 1 aromatic carbocycles.